The topological polar surface area (TPSA) is 39.9 Å². The van der Waals surface area contributed by atoms with Crippen molar-refractivity contribution in [2.75, 3.05) is 7.11 Å². The van der Waals surface area contributed by atoms with Crippen LogP contribution >= 0.6 is 11.6 Å². The van der Waals surface area contributed by atoms with Crippen LogP contribution in [-0.2, 0) is 10.6 Å². The van der Waals surface area contributed by atoms with Gasteiger partial charge in [0.2, 0.25) is 0 Å². The highest BCUT2D eigenvalue weighted by atomic mass is 35.5. The van der Waals surface area contributed by atoms with E-state index < -0.39 is 0 Å². The molecule has 2 rings (SSSR count). The zero-order chi connectivity index (χ0) is 12.4. The van der Waals surface area contributed by atoms with Crippen molar-refractivity contribution in [1.82, 2.24) is 15.0 Å². The number of rotatable bonds is 5. The molecule has 1 aliphatic carbocycles. The van der Waals surface area contributed by atoms with Gasteiger partial charge >= 0.3 is 0 Å². The van der Waals surface area contributed by atoms with E-state index in [4.69, 9.17) is 16.3 Å². The van der Waals surface area contributed by atoms with E-state index in [1.807, 2.05) is 11.6 Å². The minimum Gasteiger partial charge on any atom is -0.375 e. The third kappa shape index (κ3) is 2.33. The van der Waals surface area contributed by atoms with E-state index >= 15 is 0 Å². The molecule has 1 heterocycles. The van der Waals surface area contributed by atoms with Crippen LogP contribution in [0, 0.1) is 5.92 Å². The first-order valence-corrected chi connectivity index (χ1v) is 6.75. The summed E-state index contributed by atoms with van der Waals surface area (Å²) in [7, 11) is 1.70. The lowest BCUT2D eigenvalue weighted by Crippen LogP contribution is -2.26. The van der Waals surface area contributed by atoms with Crippen molar-refractivity contribution in [1.29, 1.82) is 0 Å². The molecular formula is C12H20ClN3O. The smallest absolute Gasteiger partial charge is 0.103 e. The van der Waals surface area contributed by atoms with E-state index in [0.29, 0.717) is 11.9 Å². The molecular weight excluding hydrogens is 238 g/mol. The zero-order valence-electron chi connectivity index (χ0n) is 10.7. The fourth-order valence-corrected chi connectivity index (χ4v) is 2.57. The molecule has 1 saturated carbocycles. The van der Waals surface area contributed by atoms with Crippen LogP contribution in [0.4, 0.5) is 0 Å². The molecule has 2 atom stereocenters. The summed E-state index contributed by atoms with van der Waals surface area (Å²) in [6, 6.07) is 0.390. The van der Waals surface area contributed by atoms with E-state index in [2.05, 4.69) is 17.2 Å². The van der Waals surface area contributed by atoms with Gasteiger partial charge in [-0.3, -0.25) is 0 Å². The highest BCUT2D eigenvalue weighted by Crippen LogP contribution is 2.37. The van der Waals surface area contributed by atoms with Crippen molar-refractivity contribution in [2.45, 2.75) is 51.1 Å². The Morgan fingerprint density at radius 2 is 2.18 bits per heavy atom. The van der Waals surface area contributed by atoms with Gasteiger partial charge < -0.3 is 4.74 Å². The molecule has 2 unspecified atom stereocenters. The quantitative estimate of drug-likeness (QED) is 0.761. The average molecular weight is 258 g/mol. The van der Waals surface area contributed by atoms with Crippen LogP contribution in [0.1, 0.15) is 56.6 Å². The Morgan fingerprint density at radius 3 is 2.65 bits per heavy atom. The lowest BCUT2D eigenvalue weighted by molar-refractivity contribution is 0.103. The van der Waals surface area contributed by atoms with Crippen molar-refractivity contribution in [2.24, 2.45) is 5.92 Å². The summed E-state index contributed by atoms with van der Waals surface area (Å²) >= 11 is 5.91. The van der Waals surface area contributed by atoms with Gasteiger partial charge in [-0.15, -0.1) is 16.7 Å². The van der Waals surface area contributed by atoms with E-state index in [-0.39, 0.29) is 6.10 Å². The minimum atomic E-state index is -0.0127. The highest BCUT2D eigenvalue weighted by molar-refractivity contribution is 6.16. The molecule has 0 amide bonds. The number of hydrogen-bond donors (Lipinski definition) is 0. The van der Waals surface area contributed by atoms with Gasteiger partial charge in [-0.2, -0.15) is 0 Å². The number of hydrogen-bond acceptors (Lipinski definition) is 3. The summed E-state index contributed by atoms with van der Waals surface area (Å²) in [5.41, 5.74) is 1.87. The van der Waals surface area contributed by atoms with Gasteiger partial charge in [0.1, 0.15) is 5.69 Å². The standard InChI is InChI=1S/C12H20ClN3O/c1-8(10-5-4-6-10)16-12(9(2)17-3)11(7-13)14-15-16/h8-10H,4-7H2,1-3H3. The van der Waals surface area contributed by atoms with Crippen molar-refractivity contribution < 1.29 is 4.74 Å². The third-order valence-electron chi connectivity index (χ3n) is 3.89. The summed E-state index contributed by atoms with van der Waals surface area (Å²) in [6.45, 7) is 4.22. The van der Waals surface area contributed by atoms with Crippen LogP contribution in [0.3, 0.4) is 0 Å². The maximum absolute atomic E-state index is 5.91. The molecule has 96 valence electrons. The van der Waals surface area contributed by atoms with Crippen molar-refractivity contribution in [3.8, 4) is 0 Å². The summed E-state index contributed by atoms with van der Waals surface area (Å²) < 4.78 is 7.41. The van der Waals surface area contributed by atoms with Gasteiger partial charge in [-0.05, 0) is 32.6 Å². The first-order chi connectivity index (χ1) is 8.19. The molecule has 0 spiro atoms. The lowest BCUT2D eigenvalue weighted by atomic mass is 9.80. The number of methoxy groups -OCH3 is 1. The maximum atomic E-state index is 5.91. The van der Waals surface area contributed by atoms with Crippen LogP contribution in [0.5, 0.6) is 0 Å². The molecule has 4 nitrogen and oxygen atoms in total. The van der Waals surface area contributed by atoms with Gasteiger partial charge in [0.05, 0.1) is 23.7 Å². The summed E-state index contributed by atoms with van der Waals surface area (Å²) in [5, 5.41) is 8.43. The van der Waals surface area contributed by atoms with Crippen molar-refractivity contribution in [3.63, 3.8) is 0 Å². The first kappa shape index (κ1) is 12.8. The van der Waals surface area contributed by atoms with Gasteiger partial charge in [0, 0.05) is 7.11 Å². The Kier molecular flexibility index (Phi) is 4.05. The molecule has 0 bridgehead atoms. The van der Waals surface area contributed by atoms with Crippen LogP contribution in [0.15, 0.2) is 0 Å². The minimum absolute atomic E-state index is 0.0127. The second-order valence-corrected chi connectivity index (χ2v) is 5.08. The Morgan fingerprint density at radius 1 is 1.47 bits per heavy atom. The molecule has 1 aromatic rings. The van der Waals surface area contributed by atoms with Gasteiger partial charge in [-0.1, -0.05) is 11.6 Å². The Balaban J connectivity index is 2.28. The molecule has 0 saturated heterocycles. The molecule has 17 heavy (non-hydrogen) atoms. The Bertz CT molecular complexity index is 376. The second kappa shape index (κ2) is 5.36. The molecule has 1 aliphatic rings. The van der Waals surface area contributed by atoms with Crippen LogP contribution in [-0.4, -0.2) is 22.1 Å². The van der Waals surface area contributed by atoms with E-state index in [1.165, 1.54) is 19.3 Å². The largest absolute Gasteiger partial charge is 0.375 e. The number of halogens is 1. The molecule has 0 N–H and O–H groups in total. The normalized spacial score (nSPS) is 20.0. The number of aromatic nitrogens is 3. The predicted molar refractivity (Wildman–Crippen MR) is 67.1 cm³/mol. The summed E-state index contributed by atoms with van der Waals surface area (Å²) in [4.78, 5) is 0. The van der Waals surface area contributed by atoms with Gasteiger partial charge in [0.25, 0.3) is 0 Å². The van der Waals surface area contributed by atoms with E-state index in [0.717, 1.165) is 17.3 Å². The van der Waals surface area contributed by atoms with Crippen molar-refractivity contribution in [3.05, 3.63) is 11.4 Å². The Hall–Kier alpha value is -0.610. The first-order valence-electron chi connectivity index (χ1n) is 6.21. The van der Waals surface area contributed by atoms with Crippen LogP contribution < -0.4 is 0 Å². The fourth-order valence-electron chi connectivity index (χ4n) is 2.38. The van der Waals surface area contributed by atoms with Crippen LogP contribution in [0.2, 0.25) is 0 Å². The molecule has 5 heteroatoms. The molecule has 0 aromatic carbocycles. The molecule has 1 aromatic heterocycles. The number of ether oxygens (including phenoxy) is 1. The molecule has 0 radical (unpaired) electrons. The highest BCUT2D eigenvalue weighted by Gasteiger charge is 2.29. The summed E-state index contributed by atoms with van der Waals surface area (Å²) in [5.74, 6) is 1.11. The van der Waals surface area contributed by atoms with Gasteiger partial charge in [-0.25, -0.2) is 4.68 Å². The van der Waals surface area contributed by atoms with Gasteiger partial charge in [0.15, 0.2) is 0 Å². The SMILES string of the molecule is COC(C)c1c(CCl)nnn1C(C)C1CCC1. The molecule has 0 aliphatic heterocycles. The fraction of sp³-hybridized carbons (Fsp3) is 0.833. The van der Waals surface area contributed by atoms with E-state index in [9.17, 15) is 0 Å². The second-order valence-electron chi connectivity index (χ2n) is 4.81. The average Bonchev–Trinajstić information content (AvgIpc) is 2.69. The van der Waals surface area contributed by atoms with E-state index in [1.54, 1.807) is 7.11 Å². The lowest BCUT2D eigenvalue weighted by Gasteiger charge is -2.32. The molecule has 1 fully saturated rings. The maximum Gasteiger partial charge on any atom is 0.103 e. The van der Waals surface area contributed by atoms with Crippen LogP contribution in [0.25, 0.3) is 0 Å². The Labute approximate surface area is 107 Å². The number of alkyl halides is 1. The number of nitrogens with zero attached hydrogens (tertiary/aromatic N) is 3. The third-order valence-corrected chi connectivity index (χ3v) is 4.14. The van der Waals surface area contributed by atoms with Crippen molar-refractivity contribution >= 4 is 11.6 Å². The predicted octanol–water partition coefficient (Wildman–Crippen LogP) is 3.09. The summed E-state index contributed by atoms with van der Waals surface area (Å²) in [6.07, 6.45) is 3.90. The monoisotopic (exact) mass is 257 g/mol. The zero-order valence-corrected chi connectivity index (χ0v) is 11.4.